The molecule has 13 nitrogen and oxygen atoms in total. The van der Waals surface area contributed by atoms with Crippen molar-refractivity contribution in [3.63, 3.8) is 0 Å². The molecule has 5 aliphatic carbocycles. The number of hydrogen-bond donors (Lipinski definition) is 8. The Morgan fingerprint density at radius 2 is 1.45 bits per heavy atom. The number of carbonyl (C=O) groups excluding carboxylic acids is 1. The number of rotatable bonds is 10. The van der Waals surface area contributed by atoms with E-state index in [0.717, 1.165) is 25.7 Å². The molecule has 0 radical (unpaired) electrons. The van der Waals surface area contributed by atoms with Gasteiger partial charge in [-0.2, -0.15) is 0 Å². The number of carbonyl (C=O) groups is 1. The van der Waals surface area contributed by atoms with Gasteiger partial charge in [-0.25, -0.2) is 0 Å². The number of hydrogen-bond acceptors (Lipinski definition) is 13. The van der Waals surface area contributed by atoms with Crippen molar-refractivity contribution in [2.75, 3.05) is 6.61 Å². The van der Waals surface area contributed by atoms with E-state index >= 15 is 0 Å². The van der Waals surface area contributed by atoms with Gasteiger partial charge in [-0.05, 0) is 104 Å². The summed E-state index contributed by atoms with van der Waals surface area (Å²) in [6, 6.07) is 0. The van der Waals surface area contributed by atoms with Crippen molar-refractivity contribution in [1.82, 2.24) is 0 Å². The second kappa shape index (κ2) is 14.4. The smallest absolute Gasteiger partial charge is 0.187 e. The SMILES string of the molecule is CC(C)C(=O)CC[C@@H](C)[C@H]1[C@@H](O)C[C@@]2(C)[C@@H]3CC[C@H]4C(C)(C)[C@@H](O[C@@H]5O[C@H](CO)[C@@H](O)[C@H](O)[C@H]5O[C@@H]5O[C@@H](C)[C@H](O)[C@@H](O)[C@H]5O)CC[C@@]45C[C@@]35C[C@H](O)[C@]12C. The second-order valence-corrected chi connectivity index (χ2v) is 20.5. The molecule has 7 rings (SSSR count). The zero-order valence-electron chi connectivity index (χ0n) is 34.1. The molecule has 7 fully saturated rings. The van der Waals surface area contributed by atoms with Crippen LogP contribution in [-0.4, -0.2) is 133 Å². The lowest BCUT2D eigenvalue weighted by molar-refractivity contribution is -0.375. The highest BCUT2D eigenvalue weighted by molar-refractivity contribution is 5.80. The molecular formula is C42H70O13. The van der Waals surface area contributed by atoms with Gasteiger partial charge in [0.25, 0.3) is 0 Å². The molecule has 7 aliphatic rings. The highest BCUT2D eigenvalue weighted by atomic mass is 16.8. The van der Waals surface area contributed by atoms with E-state index in [1.165, 1.54) is 6.92 Å². The van der Waals surface area contributed by atoms with E-state index in [9.17, 15) is 45.6 Å². The van der Waals surface area contributed by atoms with Crippen molar-refractivity contribution < 1.29 is 64.6 Å². The Kier molecular flexibility index (Phi) is 11.1. The van der Waals surface area contributed by atoms with E-state index in [4.69, 9.17) is 18.9 Å². The van der Waals surface area contributed by atoms with Crippen molar-refractivity contribution in [1.29, 1.82) is 0 Å². The first-order valence-corrected chi connectivity index (χ1v) is 21.1. The van der Waals surface area contributed by atoms with E-state index in [1.54, 1.807) is 0 Å². The number of Topliss-reactive ketones (excluding diaryl/α,β-unsaturated/α-hetero) is 1. The molecule has 8 N–H and O–H groups in total. The van der Waals surface area contributed by atoms with Crippen molar-refractivity contribution in [3.05, 3.63) is 0 Å². The minimum atomic E-state index is -1.65. The molecule has 2 aliphatic heterocycles. The van der Waals surface area contributed by atoms with Gasteiger partial charge in [0.15, 0.2) is 12.6 Å². The molecule has 2 saturated heterocycles. The predicted octanol–water partition coefficient (Wildman–Crippen LogP) is 2.05. The maximum absolute atomic E-state index is 12.6. The Balaban J connectivity index is 1.11. The van der Waals surface area contributed by atoms with Gasteiger partial charge in [0.1, 0.15) is 48.5 Å². The maximum atomic E-state index is 12.6. The van der Waals surface area contributed by atoms with Crippen molar-refractivity contribution in [3.8, 4) is 0 Å². The predicted molar refractivity (Wildman–Crippen MR) is 198 cm³/mol. The molecule has 0 aromatic carbocycles. The van der Waals surface area contributed by atoms with E-state index in [-0.39, 0.29) is 51.8 Å². The van der Waals surface area contributed by atoms with Gasteiger partial charge < -0.3 is 59.8 Å². The van der Waals surface area contributed by atoms with E-state index < -0.39 is 91.1 Å². The summed E-state index contributed by atoms with van der Waals surface area (Å²) < 4.78 is 24.5. The molecule has 0 unspecified atom stereocenters. The highest BCUT2D eigenvalue weighted by Gasteiger charge is 2.84. The first-order chi connectivity index (χ1) is 25.6. The van der Waals surface area contributed by atoms with Crippen LogP contribution in [0.1, 0.15) is 113 Å². The standard InChI is InChI=1S/C42H70O13/c1-19(2)22(44)10-9-20(3)29-23(45)15-39(7)26-12-11-25-38(5,6)28(13-14-41(25)18-42(26,41)16-27(46)40(29,39)8)54-37-35(33(50)31(48)24(17-43)53-37)55-36-34(51)32(49)30(47)21(4)52-36/h19-21,23-37,43,45-51H,9-18H2,1-8H3/t20-,21+,23+,24-,25+,26+,27+,28+,29+,30+,31-,32-,33+,34-,35-,36+,37+,39+,40-,41-,42+/m1/s1. The molecule has 55 heavy (non-hydrogen) atoms. The monoisotopic (exact) mass is 782 g/mol. The normalized spacial score (nSPS) is 54.9. The lowest BCUT2D eigenvalue weighted by Gasteiger charge is -2.64. The largest absolute Gasteiger partial charge is 0.394 e. The zero-order chi connectivity index (χ0) is 40.4. The van der Waals surface area contributed by atoms with E-state index in [1.807, 2.05) is 13.8 Å². The second-order valence-electron chi connectivity index (χ2n) is 20.5. The average Bonchev–Trinajstić information content (AvgIpc) is 3.72. The molecule has 21 atom stereocenters. The number of aliphatic hydroxyl groups excluding tert-OH is 8. The molecule has 0 aromatic rings. The number of ether oxygens (including phenoxy) is 4. The minimum absolute atomic E-state index is 0.0112. The third-order valence-electron chi connectivity index (χ3n) is 17.5. The third-order valence-corrected chi connectivity index (χ3v) is 17.5. The molecule has 0 aromatic heterocycles. The van der Waals surface area contributed by atoms with Crippen molar-refractivity contribution in [2.24, 2.45) is 56.7 Å². The Labute approximate surface area is 326 Å². The van der Waals surface area contributed by atoms with Crippen LogP contribution in [0.15, 0.2) is 0 Å². The number of fused-ring (bicyclic) bond motifs is 2. The summed E-state index contributed by atoms with van der Waals surface area (Å²) in [6.07, 6.45) is -8.37. The summed E-state index contributed by atoms with van der Waals surface area (Å²) in [6.45, 7) is 15.9. The highest BCUT2D eigenvalue weighted by Crippen LogP contribution is 2.89. The Morgan fingerprint density at radius 3 is 2.11 bits per heavy atom. The summed E-state index contributed by atoms with van der Waals surface area (Å²) in [7, 11) is 0. The number of ketones is 1. The fourth-order valence-electron chi connectivity index (χ4n) is 14.3. The molecule has 13 heteroatoms. The van der Waals surface area contributed by atoms with Gasteiger partial charge in [0, 0.05) is 17.8 Å². The summed E-state index contributed by atoms with van der Waals surface area (Å²) in [5, 5.41) is 87.7. The first kappa shape index (κ1) is 42.3. The van der Waals surface area contributed by atoms with Crippen LogP contribution < -0.4 is 0 Å². The quantitative estimate of drug-likeness (QED) is 0.149. The molecule has 0 bridgehead atoms. The summed E-state index contributed by atoms with van der Waals surface area (Å²) in [5.41, 5.74) is -1.24. The molecule has 2 spiro atoms. The van der Waals surface area contributed by atoms with Crippen LogP contribution in [0.5, 0.6) is 0 Å². The lowest BCUT2D eigenvalue weighted by atomic mass is 9.41. The summed E-state index contributed by atoms with van der Waals surface area (Å²) >= 11 is 0. The van der Waals surface area contributed by atoms with Gasteiger partial charge in [-0.15, -0.1) is 0 Å². The Morgan fingerprint density at radius 1 is 0.782 bits per heavy atom. The fraction of sp³-hybridized carbons (Fsp3) is 0.976. The van der Waals surface area contributed by atoms with Crippen LogP contribution >= 0.6 is 0 Å². The first-order valence-electron chi connectivity index (χ1n) is 21.1. The van der Waals surface area contributed by atoms with Gasteiger partial charge in [0.2, 0.25) is 0 Å². The van der Waals surface area contributed by atoms with Gasteiger partial charge in [-0.3, -0.25) is 4.79 Å². The molecule has 0 amide bonds. The number of aliphatic hydroxyl groups is 8. The van der Waals surface area contributed by atoms with Crippen LogP contribution in [-0.2, 0) is 23.7 Å². The molecule has 2 heterocycles. The Hall–Kier alpha value is -0.810. The van der Waals surface area contributed by atoms with Crippen molar-refractivity contribution >= 4 is 5.78 Å². The van der Waals surface area contributed by atoms with Gasteiger partial charge >= 0.3 is 0 Å². The fourth-order valence-corrected chi connectivity index (χ4v) is 14.3. The minimum Gasteiger partial charge on any atom is -0.394 e. The van der Waals surface area contributed by atoms with Crippen LogP contribution in [0, 0.1) is 56.7 Å². The van der Waals surface area contributed by atoms with E-state index in [2.05, 4.69) is 34.6 Å². The van der Waals surface area contributed by atoms with Gasteiger partial charge in [-0.1, -0.05) is 48.5 Å². The van der Waals surface area contributed by atoms with Crippen molar-refractivity contribution in [2.45, 2.75) is 193 Å². The van der Waals surface area contributed by atoms with Crippen LogP contribution in [0.3, 0.4) is 0 Å². The zero-order valence-corrected chi connectivity index (χ0v) is 34.1. The van der Waals surface area contributed by atoms with Crippen LogP contribution in [0.4, 0.5) is 0 Å². The third kappa shape index (κ3) is 6.10. The maximum Gasteiger partial charge on any atom is 0.187 e. The summed E-state index contributed by atoms with van der Waals surface area (Å²) in [5.74, 6) is 0.791. The molecule has 316 valence electrons. The average molecular weight is 783 g/mol. The summed E-state index contributed by atoms with van der Waals surface area (Å²) in [4.78, 5) is 12.6. The lowest BCUT2D eigenvalue weighted by Crippen LogP contribution is -2.65. The molecule has 5 saturated carbocycles. The van der Waals surface area contributed by atoms with E-state index in [0.29, 0.717) is 38.0 Å². The van der Waals surface area contributed by atoms with Crippen LogP contribution in [0.2, 0.25) is 0 Å². The van der Waals surface area contributed by atoms with Crippen LogP contribution in [0.25, 0.3) is 0 Å². The topological polar surface area (TPSA) is 216 Å². The Bertz CT molecular complexity index is 1430. The van der Waals surface area contributed by atoms with Gasteiger partial charge in [0.05, 0.1) is 31.0 Å². The molecular weight excluding hydrogens is 712 g/mol.